The molecule has 3 rings (SSSR count). The number of thiazole rings is 1. The third kappa shape index (κ3) is 4.83. The average molecular weight is 468 g/mol. The highest BCUT2D eigenvalue weighted by molar-refractivity contribution is 7.13. The van der Waals surface area contributed by atoms with Crippen molar-refractivity contribution in [2.24, 2.45) is 0 Å². The lowest BCUT2D eigenvalue weighted by molar-refractivity contribution is -0.142. The van der Waals surface area contributed by atoms with Gasteiger partial charge in [-0.1, -0.05) is 6.08 Å². The Hall–Kier alpha value is -3.19. The van der Waals surface area contributed by atoms with Crippen LogP contribution in [0.15, 0.2) is 12.7 Å². The molecule has 1 aromatic heterocycles. The molecule has 12 nitrogen and oxygen atoms in total. The summed E-state index contributed by atoms with van der Waals surface area (Å²) < 4.78 is 5.11. The number of ether oxygens (including phenoxy) is 1. The summed E-state index contributed by atoms with van der Waals surface area (Å²) in [5.74, 6) is -1.77. The van der Waals surface area contributed by atoms with Crippen LogP contribution in [0.5, 0.6) is 0 Å². The van der Waals surface area contributed by atoms with E-state index in [9.17, 15) is 24.3 Å². The maximum atomic E-state index is 12.6. The van der Waals surface area contributed by atoms with E-state index in [1.54, 1.807) is 20.8 Å². The monoisotopic (exact) mass is 467 g/mol. The number of carbonyl (C=O) groups is 4. The molecule has 0 radical (unpaired) electrons. The van der Waals surface area contributed by atoms with Crippen molar-refractivity contribution in [2.45, 2.75) is 38.5 Å². The first-order valence-corrected chi connectivity index (χ1v) is 10.7. The SMILES string of the molecule is C=CCON1C(=O)N2C[C@H]1c1sc(C(=O)NCCNC(=O)OC(C)(C)C)nc1[C@@H]2C(=O)O. The number of aromatic nitrogens is 1. The molecule has 0 saturated carbocycles. The number of nitrogens with zero attached hydrogens (tertiary/aromatic N) is 3. The van der Waals surface area contributed by atoms with Gasteiger partial charge in [-0.25, -0.2) is 19.4 Å². The molecule has 1 saturated heterocycles. The number of nitrogens with one attached hydrogen (secondary N) is 2. The molecular formula is C19H25N5O7S. The van der Waals surface area contributed by atoms with Crippen LogP contribution in [-0.4, -0.2) is 75.9 Å². The summed E-state index contributed by atoms with van der Waals surface area (Å²) in [5.41, 5.74) is -0.484. The quantitative estimate of drug-likeness (QED) is 0.384. The average Bonchev–Trinajstić information content (AvgIpc) is 3.24. The Morgan fingerprint density at radius 2 is 2.00 bits per heavy atom. The zero-order valence-electron chi connectivity index (χ0n) is 17.9. The predicted octanol–water partition coefficient (Wildman–Crippen LogP) is 1.43. The second kappa shape index (κ2) is 9.12. The summed E-state index contributed by atoms with van der Waals surface area (Å²) in [6.45, 7) is 9.20. The number of hydroxylamine groups is 2. The highest BCUT2D eigenvalue weighted by Crippen LogP contribution is 2.46. The van der Waals surface area contributed by atoms with Crippen molar-refractivity contribution in [3.8, 4) is 0 Å². The second-order valence-electron chi connectivity index (χ2n) is 8.05. The number of fused-ring (bicyclic) bond motifs is 4. The van der Waals surface area contributed by atoms with E-state index in [0.29, 0.717) is 4.88 Å². The van der Waals surface area contributed by atoms with Gasteiger partial charge in [0.25, 0.3) is 5.91 Å². The maximum absolute atomic E-state index is 12.6. The summed E-state index contributed by atoms with van der Waals surface area (Å²) in [5, 5.41) is 16.0. The molecule has 2 bridgehead atoms. The smallest absolute Gasteiger partial charge is 0.407 e. The molecule has 0 aliphatic carbocycles. The van der Waals surface area contributed by atoms with E-state index in [-0.39, 0.29) is 36.9 Å². The Balaban J connectivity index is 1.68. The topological polar surface area (TPSA) is 150 Å². The summed E-state index contributed by atoms with van der Waals surface area (Å²) in [6.07, 6.45) is 0.868. The van der Waals surface area contributed by atoms with Crippen LogP contribution in [0.4, 0.5) is 9.59 Å². The lowest BCUT2D eigenvalue weighted by atomic mass is 10.0. The van der Waals surface area contributed by atoms with Gasteiger partial charge in [0, 0.05) is 13.1 Å². The van der Waals surface area contributed by atoms with Crippen molar-refractivity contribution in [1.82, 2.24) is 25.6 Å². The molecule has 32 heavy (non-hydrogen) atoms. The molecule has 174 valence electrons. The van der Waals surface area contributed by atoms with Gasteiger partial charge in [0.1, 0.15) is 11.6 Å². The molecule has 0 unspecified atom stereocenters. The van der Waals surface area contributed by atoms with Gasteiger partial charge in [0.15, 0.2) is 11.0 Å². The number of urea groups is 1. The molecule has 3 N–H and O–H groups in total. The Morgan fingerprint density at radius 1 is 1.31 bits per heavy atom. The number of hydrogen-bond donors (Lipinski definition) is 3. The fourth-order valence-electron chi connectivity index (χ4n) is 3.29. The van der Waals surface area contributed by atoms with Crippen molar-refractivity contribution in [3.05, 3.63) is 28.2 Å². The van der Waals surface area contributed by atoms with Crippen molar-refractivity contribution in [1.29, 1.82) is 0 Å². The maximum Gasteiger partial charge on any atom is 0.407 e. The minimum Gasteiger partial charge on any atom is -0.479 e. The molecule has 1 fully saturated rings. The lowest BCUT2D eigenvalue weighted by Crippen LogP contribution is -2.39. The molecule has 1 aromatic rings. The Labute approximate surface area is 188 Å². The third-order valence-corrected chi connectivity index (χ3v) is 5.65. The Morgan fingerprint density at radius 3 is 2.62 bits per heavy atom. The third-order valence-electron chi connectivity index (χ3n) is 4.48. The fraction of sp³-hybridized carbons (Fsp3) is 0.526. The zero-order chi connectivity index (χ0) is 23.6. The van der Waals surface area contributed by atoms with E-state index < -0.39 is 41.7 Å². The minimum absolute atomic E-state index is 0.0587. The first-order chi connectivity index (χ1) is 15.0. The Kier molecular flexibility index (Phi) is 6.69. The highest BCUT2D eigenvalue weighted by atomic mass is 32.1. The molecule has 2 aliphatic rings. The number of aliphatic carboxylic acids is 1. The minimum atomic E-state index is -1.31. The van der Waals surface area contributed by atoms with Crippen LogP contribution in [-0.2, 0) is 14.4 Å². The summed E-state index contributed by atoms with van der Waals surface area (Å²) in [7, 11) is 0. The van der Waals surface area contributed by atoms with Gasteiger partial charge in [-0.15, -0.1) is 17.9 Å². The van der Waals surface area contributed by atoms with Gasteiger partial charge in [-0.05, 0) is 20.8 Å². The fourth-order valence-corrected chi connectivity index (χ4v) is 4.37. The molecule has 2 aliphatic heterocycles. The first-order valence-electron chi connectivity index (χ1n) is 9.85. The van der Waals surface area contributed by atoms with Crippen LogP contribution in [0, 0.1) is 0 Å². The summed E-state index contributed by atoms with van der Waals surface area (Å²) in [4.78, 5) is 59.9. The molecule has 0 spiro atoms. The van der Waals surface area contributed by atoms with E-state index in [2.05, 4.69) is 22.2 Å². The van der Waals surface area contributed by atoms with E-state index in [0.717, 1.165) is 21.3 Å². The first kappa shape index (κ1) is 23.5. The van der Waals surface area contributed by atoms with E-state index in [1.165, 1.54) is 6.08 Å². The van der Waals surface area contributed by atoms with Crippen molar-refractivity contribution in [2.75, 3.05) is 26.2 Å². The second-order valence-corrected chi connectivity index (χ2v) is 9.09. The molecule has 13 heteroatoms. The van der Waals surface area contributed by atoms with Gasteiger partial charge in [-0.3, -0.25) is 9.63 Å². The van der Waals surface area contributed by atoms with Crippen LogP contribution >= 0.6 is 11.3 Å². The molecule has 0 aromatic carbocycles. The largest absolute Gasteiger partial charge is 0.479 e. The summed E-state index contributed by atoms with van der Waals surface area (Å²) >= 11 is 1.01. The Bertz CT molecular complexity index is 941. The van der Waals surface area contributed by atoms with Gasteiger partial charge < -0.3 is 25.4 Å². The zero-order valence-corrected chi connectivity index (χ0v) is 18.7. The molecule has 2 atom stereocenters. The lowest BCUT2D eigenvalue weighted by Gasteiger charge is -2.26. The van der Waals surface area contributed by atoms with Crippen molar-refractivity contribution in [3.63, 3.8) is 0 Å². The number of amides is 4. The number of carboxylic acid groups (broad SMARTS) is 1. The van der Waals surface area contributed by atoms with Gasteiger partial charge >= 0.3 is 18.1 Å². The van der Waals surface area contributed by atoms with Crippen LogP contribution < -0.4 is 10.6 Å². The normalized spacial score (nSPS) is 19.4. The number of rotatable bonds is 8. The van der Waals surface area contributed by atoms with Crippen LogP contribution in [0.1, 0.15) is 53.2 Å². The molecule has 4 amide bonds. The van der Waals surface area contributed by atoms with E-state index in [4.69, 9.17) is 9.57 Å². The molecular weight excluding hydrogens is 442 g/mol. The summed E-state index contributed by atoms with van der Waals surface area (Å²) in [6, 6.07) is -2.45. The van der Waals surface area contributed by atoms with Crippen LogP contribution in [0.25, 0.3) is 0 Å². The van der Waals surface area contributed by atoms with Gasteiger partial charge in [0.05, 0.1) is 23.7 Å². The number of carboxylic acids is 1. The molecule has 3 heterocycles. The van der Waals surface area contributed by atoms with Gasteiger partial charge in [0.2, 0.25) is 0 Å². The number of carbonyl (C=O) groups excluding carboxylic acids is 3. The predicted molar refractivity (Wildman–Crippen MR) is 112 cm³/mol. The van der Waals surface area contributed by atoms with Crippen LogP contribution in [0.2, 0.25) is 0 Å². The highest BCUT2D eigenvalue weighted by Gasteiger charge is 2.53. The van der Waals surface area contributed by atoms with Crippen LogP contribution in [0.3, 0.4) is 0 Å². The number of alkyl carbamates (subject to hydrolysis) is 1. The standard InChI is InChI=1S/C19H25N5O7S/c1-5-8-30-24-10-9-23(18(24)29)12(16(26)27)11-13(10)32-15(22-11)14(25)20-6-7-21-17(28)31-19(2,3)4/h5,10,12H,1,6-9H2,2-4H3,(H,20,25)(H,21,28)(H,26,27)/t10-,12+/m0/s1. The van der Waals surface area contributed by atoms with Crippen molar-refractivity contribution < 1.29 is 33.9 Å². The van der Waals surface area contributed by atoms with E-state index in [1.807, 2.05) is 0 Å². The van der Waals surface area contributed by atoms with E-state index >= 15 is 0 Å². The van der Waals surface area contributed by atoms with Crippen molar-refractivity contribution >= 4 is 35.3 Å². The number of hydrogen-bond acceptors (Lipinski definition) is 8. The van der Waals surface area contributed by atoms with Gasteiger partial charge in [-0.2, -0.15) is 5.06 Å².